The van der Waals surface area contributed by atoms with Crippen LogP contribution in [-0.2, 0) is 6.54 Å². The number of nitrogens with zero attached hydrogens (tertiary/aromatic N) is 2. The molecular weight excluding hydrogens is 268 g/mol. The minimum atomic E-state index is 0.238. The highest BCUT2D eigenvalue weighted by Crippen LogP contribution is 2.09. The first-order chi connectivity index (χ1) is 7.61. The maximum Gasteiger partial charge on any atom is 0.0918 e. The molecule has 3 N–H and O–H groups in total. The van der Waals surface area contributed by atoms with Gasteiger partial charge in [-0.25, -0.2) is 0 Å². The smallest absolute Gasteiger partial charge is 0.0918 e. The Bertz CT molecular complexity index is 336. The van der Waals surface area contributed by atoms with Crippen molar-refractivity contribution in [3.63, 3.8) is 0 Å². The Morgan fingerprint density at radius 3 is 2.81 bits per heavy atom. The zero-order valence-electron chi connectivity index (χ0n) is 9.41. The zero-order valence-corrected chi connectivity index (χ0v) is 11.0. The third-order valence-corrected chi connectivity index (χ3v) is 2.79. The van der Waals surface area contributed by atoms with Crippen molar-refractivity contribution >= 4 is 21.8 Å². The molecule has 0 amide bonds. The quantitative estimate of drug-likeness (QED) is 0.620. The van der Waals surface area contributed by atoms with Crippen LogP contribution < -0.4 is 5.73 Å². The summed E-state index contributed by atoms with van der Waals surface area (Å²) in [5.74, 6) is 0.238. The highest BCUT2D eigenvalue weighted by molar-refractivity contribution is 9.10. The number of aromatic nitrogens is 1. The SMILES string of the molecule is CCN(CCC(=N)N)Cc1ccc(Br)cn1. The molecule has 1 aromatic heterocycles. The number of nitrogens with two attached hydrogens (primary N) is 1. The predicted octanol–water partition coefficient (Wildman–Crippen LogP) is 1.99. The summed E-state index contributed by atoms with van der Waals surface area (Å²) < 4.78 is 0.989. The number of hydrogen-bond donors (Lipinski definition) is 2. The monoisotopic (exact) mass is 284 g/mol. The summed E-state index contributed by atoms with van der Waals surface area (Å²) in [5, 5.41) is 7.20. The van der Waals surface area contributed by atoms with Crippen LogP contribution in [0.25, 0.3) is 0 Å². The number of pyridine rings is 1. The van der Waals surface area contributed by atoms with E-state index < -0.39 is 0 Å². The van der Waals surface area contributed by atoms with E-state index in [0.717, 1.165) is 29.8 Å². The third-order valence-electron chi connectivity index (χ3n) is 2.32. The predicted molar refractivity (Wildman–Crippen MR) is 69.4 cm³/mol. The van der Waals surface area contributed by atoms with Crippen LogP contribution in [0.5, 0.6) is 0 Å². The van der Waals surface area contributed by atoms with E-state index in [2.05, 4.69) is 32.7 Å². The third kappa shape index (κ3) is 4.72. The van der Waals surface area contributed by atoms with E-state index in [9.17, 15) is 0 Å². The molecule has 0 saturated heterocycles. The summed E-state index contributed by atoms with van der Waals surface area (Å²) in [6.45, 7) is 4.64. The Morgan fingerprint density at radius 1 is 1.56 bits per heavy atom. The van der Waals surface area contributed by atoms with Crippen molar-refractivity contribution < 1.29 is 0 Å². The number of amidine groups is 1. The fourth-order valence-corrected chi connectivity index (χ4v) is 1.59. The van der Waals surface area contributed by atoms with Crippen molar-refractivity contribution in [2.75, 3.05) is 13.1 Å². The second-order valence-corrected chi connectivity index (χ2v) is 4.53. The van der Waals surface area contributed by atoms with Crippen molar-refractivity contribution in [2.24, 2.45) is 5.73 Å². The molecule has 5 heteroatoms. The standard InChI is InChI=1S/C11H17BrN4/c1-2-16(6-5-11(13)14)8-10-4-3-9(12)7-15-10/h3-4,7H,2,5-6,8H2,1H3,(H3,13,14). The Labute approximate surface area is 104 Å². The molecule has 0 aliphatic rings. The number of nitrogens with one attached hydrogen (secondary N) is 1. The van der Waals surface area contributed by atoms with Crippen LogP contribution in [0, 0.1) is 5.41 Å². The van der Waals surface area contributed by atoms with Gasteiger partial charge in [0.15, 0.2) is 0 Å². The molecule has 0 aliphatic carbocycles. The molecule has 0 unspecified atom stereocenters. The summed E-state index contributed by atoms with van der Waals surface area (Å²) in [6, 6.07) is 3.99. The van der Waals surface area contributed by atoms with Gasteiger partial charge in [0, 0.05) is 30.2 Å². The van der Waals surface area contributed by atoms with Crippen LogP contribution in [-0.4, -0.2) is 28.8 Å². The van der Waals surface area contributed by atoms with E-state index >= 15 is 0 Å². The Balaban J connectivity index is 2.49. The lowest BCUT2D eigenvalue weighted by molar-refractivity contribution is 0.284. The summed E-state index contributed by atoms with van der Waals surface area (Å²) in [7, 11) is 0. The lowest BCUT2D eigenvalue weighted by atomic mass is 10.3. The molecule has 1 aromatic rings. The van der Waals surface area contributed by atoms with Crippen LogP contribution in [0.15, 0.2) is 22.8 Å². The minimum Gasteiger partial charge on any atom is -0.388 e. The van der Waals surface area contributed by atoms with Crippen molar-refractivity contribution in [3.05, 3.63) is 28.5 Å². The van der Waals surface area contributed by atoms with E-state index in [4.69, 9.17) is 11.1 Å². The molecule has 0 fully saturated rings. The Hall–Kier alpha value is -0.940. The second kappa shape index (κ2) is 6.60. The van der Waals surface area contributed by atoms with Crippen molar-refractivity contribution in [2.45, 2.75) is 19.9 Å². The first-order valence-corrected chi connectivity index (χ1v) is 6.06. The highest BCUT2D eigenvalue weighted by Gasteiger charge is 2.05. The topological polar surface area (TPSA) is 66.0 Å². The maximum absolute atomic E-state index is 7.20. The van der Waals surface area contributed by atoms with Gasteiger partial charge in [0.05, 0.1) is 11.5 Å². The normalized spacial score (nSPS) is 10.7. The van der Waals surface area contributed by atoms with E-state index in [1.165, 1.54) is 0 Å². The van der Waals surface area contributed by atoms with Gasteiger partial charge in [-0.15, -0.1) is 0 Å². The fraction of sp³-hybridized carbons (Fsp3) is 0.455. The summed E-state index contributed by atoms with van der Waals surface area (Å²) in [4.78, 5) is 6.54. The lowest BCUT2D eigenvalue weighted by Crippen LogP contribution is -2.27. The number of hydrogen-bond acceptors (Lipinski definition) is 3. The van der Waals surface area contributed by atoms with Crippen LogP contribution in [0.4, 0.5) is 0 Å². The molecule has 0 aromatic carbocycles. The lowest BCUT2D eigenvalue weighted by Gasteiger charge is -2.19. The van der Waals surface area contributed by atoms with Gasteiger partial charge in [0.2, 0.25) is 0 Å². The molecule has 0 saturated carbocycles. The van der Waals surface area contributed by atoms with Gasteiger partial charge in [0.1, 0.15) is 0 Å². The molecule has 0 radical (unpaired) electrons. The van der Waals surface area contributed by atoms with Gasteiger partial charge >= 0.3 is 0 Å². The van der Waals surface area contributed by atoms with Gasteiger partial charge < -0.3 is 5.73 Å². The van der Waals surface area contributed by atoms with Crippen molar-refractivity contribution in [3.8, 4) is 0 Å². The van der Waals surface area contributed by atoms with Gasteiger partial charge in [-0.1, -0.05) is 6.92 Å². The second-order valence-electron chi connectivity index (χ2n) is 3.61. The Kier molecular flexibility index (Phi) is 5.42. The molecule has 0 bridgehead atoms. The van der Waals surface area contributed by atoms with E-state index in [1.807, 2.05) is 12.1 Å². The first kappa shape index (κ1) is 13.1. The zero-order chi connectivity index (χ0) is 12.0. The van der Waals surface area contributed by atoms with Gasteiger partial charge in [0.25, 0.3) is 0 Å². The fourth-order valence-electron chi connectivity index (χ4n) is 1.36. The van der Waals surface area contributed by atoms with E-state index in [0.29, 0.717) is 6.42 Å². The molecule has 0 atom stereocenters. The molecule has 1 rings (SSSR count). The molecular formula is C11H17BrN4. The number of halogens is 1. The van der Waals surface area contributed by atoms with Gasteiger partial charge in [-0.2, -0.15) is 0 Å². The Morgan fingerprint density at radius 2 is 2.31 bits per heavy atom. The van der Waals surface area contributed by atoms with Crippen LogP contribution in [0.1, 0.15) is 19.0 Å². The summed E-state index contributed by atoms with van der Waals surface area (Å²) >= 11 is 3.36. The van der Waals surface area contributed by atoms with Crippen LogP contribution >= 0.6 is 15.9 Å². The molecule has 0 aliphatic heterocycles. The molecule has 4 nitrogen and oxygen atoms in total. The summed E-state index contributed by atoms with van der Waals surface area (Å²) in [5.41, 5.74) is 6.38. The van der Waals surface area contributed by atoms with E-state index in [-0.39, 0.29) is 5.84 Å². The van der Waals surface area contributed by atoms with Crippen molar-refractivity contribution in [1.82, 2.24) is 9.88 Å². The van der Waals surface area contributed by atoms with Crippen LogP contribution in [0.2, 0.25) is 0 Å². The van der Waals surface area contributed by atoms with Crippen LogP contribution in [0.3, 0.4) is 0 Å². The molecule has 0 spiro atoms. The highest BCUT2D eigenvalue weighted by atomic mass is 79.9. The average molecular weight is 285 g/mol. The minimum absolute atomic E-state index is 0.238. The largest absolute Gasteiger partial charge is 0.388 e. The molecule has 1 heterocycles. The van der Waals surface area contributed by atoms with E-state index in [1.54, 1.807) is 6.20 Å². The van der Waals surface area contributed by atoms with Gasteiger partial charge in [-0.3, -0.25) is 15.3 Å². The van der Waals surface area contributed by atoms with Gasteiger partial charge in [-0.05, 0) is 34.6 Å². The molecule has 88 valence electrons. The first-order valence-electron chi connectivity index (χ1n) is 5.27. The molecule has 16 heavy (non-hydrogen) atoms. The van der Waals surface area contributed by atoms with Crippen molar-refractivity contribution in [1.29, 1.82) is 5.41 Å². The summed E-state index contributed by atoms with van der Waals surface area (Å²) in [6.07, 6.45) is 2.42. The average Bonchev–Trinajstić information content (AvgIpc) is 2.26. The maximum atomic E-state index is 7.20. The number of rotatable bonds is 6.